The summed E-state index contributed by atoms with van der Waals surface area (Å²) in [6.45, 7) is 0. The number of hydrogen-bond donors (Lipinski definition) is 1. The van der Waals surface area contributed by atoms with Gasteiger partial charge in [0, 0.05) is 23.5 Å². The van der Waals surface area contributed by atoms with E-state index in [1.54, 1.807) is 13.3 Å². The van der Waals surface area contributed by atoms with E-state index in [0.717, 1.165) is 39.5 Å². The third kappa shape index (κ3) is 2.99. The van der Waals surface area contributed by atoms with Gasteiger partial charge in [-0.1, -0.05) is 6.07 Å². The molecule has 1 N–H and O–H groups in total. The Morgan fingerprint density at radius 1 is 0.840 bits per heavy atom. The van der Waals surface area contributed by atoms with Crippen LogP contribution in [0.1, 0.15) is 0 Å². The molecular formula is C20H16N4O. The molecule has 0 amide bonds. The molecule has 0 fully saturated rings. The van der Waals surface area contributed by atoms with Crippen molar-refractivity contribution < 1.29 is 4.74 Å². The molecular weight excluding hydrogens is 312 g/mol. The SMILES string of the molecule is COc1ccc(-c2cc(-c3cn[nH]c3-c3ccccn3)ccn2)cc1. The van der Waals surface area contributed by atoms with Crippen LogP contribution in [0.25, 0.3) is 33.8 Å². The molecule has 0 bridgehead atoms. The Balaban J connectivity index is 1.74. The van der Waals surface area contributed by atoms with Crippen molar-refractivity contribution in [2.45, 2.75) is 0 Å². The van der Waals surface area contributed by atoms with E-state index >= 15 is 0 Å². The van der Waals surface area contributed by atoms with Crippen LogP contribution in [0.4, 0.5) is 0 Å². The monoisotopic (exact) mass is 328 g/mol. The molecule has 0 aliphatic carbocycles. The van der Waals surface area contributed by atoms with Gasteiger partial charge in [-0.05, 0) is 54.1 Å². The molecule has 0 atom stereocenters. The number of aromatic nitrogens is 4. The van der Waals surface area contributed by atoms with Crippen molar-refractivity contribution in [3.63, 3.8) is 0 Å². The van der Waals surface area contributed by atoms with Crippen LogP contribution in [0.15, 0.2) is 73.2 Å². The second kappa shape index (κ2) is 6.57. The summed E-state index contributed by atoms with van der Waals surface area (Å²) < 4.78 is 5.21. The van der Waals surface area contributed by atoms with Gasteiger partial charge in [0.2, 0.25) is 0 Å². The Morgan fingerprint density at radius 3 is 2.44 bits per heavy atom. The van der Waals surface area contributed by atoms with Crippen LogP contribution in [-0.4, -0.2) is 27.3 Å². The van der Waals surface area contributed by atoms with E-state index < -0.39 is 0 Å². The van der Waals surface area contributed by atoms with Crippen LogP contribution in [0.2, 0.25) is 0 Å². The fourth-order valence-electron chi connectivity index (χ4n) is 2.73. The zero-order valence-corrected chi connectivity index (χ0v) is 13.7. The van der Waals surface area contributed by atoms with Crippen molar-refractivity contribution in [2.24, 2.45) is 0 Å². The highest BCUT2D eigenvalue weighted by Gasteiger charge is 2.12. The fourth-order valence-corrected chi connectivity index (χ4v) is 2.73. The first-order chi connectivity index (χ1) is 12.3. The van der Waals surface area contributed by atoms with Gasteiger partial charge in [-0.25, -0.2) is 0 Å². The predicted octanol–water partition coefficient (Wildman–Crippen LogP) is 4.21. The first-order valence-electron chi connectivity index (χ1n) is 7.91. The van der Waals surface area contributed by atoms with Gasteiger partial charge >= 0.3 is 0 Å². The van der Waals surface area contributed by atoms with Gasteiger partial charge in [0.25, 0.3) is 0 Å². The summed E-state index contributed by atoms with van der Waals surface area (Å²) in [5.74, 6) is 0.826. The maximum absolute atomic E-state index is 5.21. The molecule has 0 saturated carbocycles. The van der Waals surface area contributed by atoms with Crippen molar-refractivity contribution in [1.82, 2.24) is 20.2 Å². The first-order valence-corrected chi connectivity index (χ1v) is 7.91. The molecule has 0 spiro atoms. The Labute approximate surface area is 145 Å². The summed E-state index contributed by atoms with van der Waals surface area (Å²) in [6, 6.07) is 17.7. The predicted molar refractivity (Wildman–Crippen MR) is 97.0 cm³/mol. The summed E-state index contributed by atoms with van der Waals surface area (Å²) in [5, 5.41) is 7.24. The van der Waals surface area contributed by atoms with Crippen LogP contribution in [-0.2, 0) is 0 Å². The molecule has 3 heterocycles. The molecule has 0 unspecified atom stereocenters. The normalized spacial score (nSPS) is 10.6. The third-order valence-corrected chi connectivity index (χ3v) is 4.02. The summed E-state index contributed by atoms with van der Waals surface area (Å²) in [7, 11) is 1.66. The largest absolute Gasteiger partial charge is 0.497 e. The van der Waals surface area contributed by atoms with Gasteiger partial charge in [0.05, 0.1) is 30.4 Å². The molecule has 4 aromatic rings. The minimum atomic E-state index is 0.826. The van der Waals surface area contributed by atoms with Gasteiger partial charge in [0.1, 0.15) is 5.75 Å². The third-order valence-electron chi connectivity index (χ3n) is 4.02. The molecule has 0 aliphatic heterocycles. The average Bonchev–Trinajstić information content (AvgIpc) is 3.19. The second-order valence-electron chi connectivity index (χ2n) is 5.53. The molecule has 3 aromatic heterocycles. The number of nitrogens with one attached hydrogen (secondary N) is 1. The van der Waals surface area contributed by atoms with Crippen LogP contribution in [0, 0.1) is 0 Å². The maximum atomic E-state index is 5.21. The lowest BCUT2D eigenvalue weighted by Crippen LogP contribution is -1.88. The minimum Gasteiger partial charge on any atom is -0.497 e. The van der Waals surface area contributed by atoms with E-state index in [1.807, 2.05) is 60.9 Å². The number of H-pyrrole nitrogens is 1. The van der Waals surface area contributed by atoms with E-state index in [1.165, 1.54) is 0 Å². The van der Waals surface area contributed by atoms with Crippen LogP contribution >= 0.6 is 0 Å². The highest BCUT2D eigenvalue weighted by molar-refractivity contribution is 5.80. The highest BCUT2D eigenvalue weighted by atomic mass is 16.5. The van der Waals surface area contributed by atoms with E-state index in [2.05, 4.69) is 26.2 Å². The molecule has 0 aliphatic rings. The first kappa shape index (κ1) is 15.1. The number of hydrogen-bond acceptors (Lipinski definition) is 4. The minimum absolute atomic E-state index is 0.826. The van der Waals surface area contributed by atoms with Crippen molar-refractivity contribution in [3.05, 3.63) is 73.2 Å². The van der Waals surface area contributed by atoms with Gasteiger partial charge < -0.3 is 4.74 Å². The molecule has 122 valence electrons. The number of nitrogens with zero attached hydrogens (tertiary/aromatic N) is 3. The smallest absolute Gasteiger partial charge is 0.118 e. The lowest BCUT2D eigenvalue weighted by Gasteiger charge is -2.06. The topological polar surface area (TPSA) is 63.7 Å². The van der Waals surface area contributed by atoms with Gasteiger partial charge in [-0.2, -0.15) is 5.10 Å². The molecule has 25 heavy (non-hydrogen) atoms. The number of aromatic amines is 1. The van der Waals surface area contributed by atoms with Crippen molar-refractivity contribution >= 4 is 0 Å². The quantitative estimate of drug-likeness (QED) is 0.609. The van der Waals surface area contributed by atoms with E-state index in [9.17, 15) is 0 Å². The van der Waals surface area contributed by atoms with Crippen LogP contribution in [0.3, 0.4) is 0 Å². The Morgan fingerprint density at radius 2 is 1.68 bits per heavy atom. The maximum Gasteiger partial charge on any atom is 0.118 e. The Bertz CT molecular complexity index is 978. The fraction of sp³-hybridized carbons (Fsp3) is 0.0500. The van der Waals surface area contributed by atoms with Crippen LogP contribution < -0.4 is 4.74 Å². The second-order valence-corrected chi connectivity index (χ2v) is 5.53. The molecule has 5 nitrogen and oxygen atoms in total. The van der Waals surface area contributed by atoms with Crippen molar-refractivity contribution in [1.29, 1.82) is 0 Å². The standard InChI is InChI=1S/C20H16N4O/c1-25-16-7-5-14(6-8-16)19-12-15(9-11-22-19)17-13-23-24-20(17)18-4-2-3-10-21-18/h2-13H,1H3,(H,23,24). The summed E-state index contributed by atoms with van der Waals surface area (Å²) in [4.78, 5) is 8.90. The van der Waals surface area contributed by atoms with Crippen molar-refractivity contribution in [3.8, 4) is 39.5 Å². The van der Waals surface area contributed by atoms with Crippen LogP contribution in [0.5, 0.6) is 5.75 Å². The Kier molecular flexibility index (Phi) is 3.96. The van der Waals surface area contributed by atoms with Gasteiger partial charge in [0.15, 0.2) is 0 Å². The lowest BCUT2D eigenvalue weighted by atomic mass is 10.0. The van der Waals surface area contributed by atoms with Gasteiger partial charge in [-0.3, -0.25) is 15.1 Å². The zero-order chi connectivity index (χ0) is 17.1. The number of methoxy groups -OCH3 is 1. The molecule has 1 aromatic carbocycles. The number of ether oxygens (including phenoxy) is 1. The summed E-state index contributed by atoms with van der Waals surface area (Å²) >= 11 is 0. The van der Waals surface area contributed by atoms with E-state index in [0.29, 0.717) is 0 Å². The molecule has 0 radical (unpaired) electrons. The average molecular weight is 328 g/mol. The highest BCUT2D eigenvalue weighted by Crippen LogP contribution is 2.31. The number of benzene rings is 1. The molecule has 5 heteroatoms. The number of rotatable bonds is 4. The summed E-state index contributed by atoms with van der Waals surface area (Å²) in [5.41, 5.74) is 5.72. The number of pyridine rings is 2. The Hall–Kier alpha value is -3.47. The lowest BCUT2D eigenvalue weighted by molar-refractivity contribution is 0.415. The van der Waals surface area contributed by atoms with Crippen molar-refractivity contribution in [2.75, 3.05) is 7.11 Å². The molecule has 0 saturated heterocycles. The van der Waals surface area contributed by atoms with E-state index in [4.69, 9.17) is 4.74 Å². The zero-order valence-electron chi connectivity index (χ0n) is 13.7. The van der Waals surface area contributed by atoms with E-state index in [-0.39, 0.29) is 0 Å². The summed E-state index contributed by atoms with van der Waals surface area (Å²) in [6.07, 6.45) is 5.40. The molecule has 4 rings (SSSR count). The van der Waals surface area contributed by atoms with Gasteiger partial charge in [-0.15, -0.1) is 0 Å².